The Bertz CT molecular complexity index is 1080. The Hall–Kier alpha value is -3.48. The Balaban J connectivity index is 1.57. The fraction of sp³-hybridized carbons (Fsp3) is 0.217. The predicted octanol–water partition coefficient (Wildman–Crippen LogP) is 3.56. The Morgan fingerprint density at radius 3 is 2.53 bits per heavy atom. The summed E-state index contributed by atoms with van der Waals surface area (Å²) in [4.78, 5) is 27.3. The van der Waals surface area contributed by atoms with E-state index in [2.05, 4.69) is 15.6 Å². The molecule has 0 bridgehead atoms. The number of aromatic nitrogens is 1. The van der Waals surface area contributed by atoms with Gasteiger partial charge >= 0.3 is 0 Å². The van der Waals surface area contributed by atoms with Crippen LogP contribution in [0.3, 0.4) is 0 Å². The average Bonchev–Trinajstić information content (AvgIpc) is 3.33. The fourth-order valence-corrected chi connectivity index (χ4v) is 3.63. The van der Waals surface area contributed by atoms with E-state index in [0.29, 0.717) is 30.6 Å². The summed E-state index contributed by atoms with van der Waals surface area (Å²) in [5.41, 5.74) is 3.76. The summed E-state index contributed by atoms with van der Waals surface area (Å²) in [6.07, 6.45) is 1.19. The van der Waals surface area contributed by atoms with Gasteiger partial charge in [0.1, 0.15) is 17.7 Å². The normalized spacial score (nSPS) is 15.8. The molecule has 1 aromatic heterocycles. The molecule has 154 valence electrons. The van der Waals surface area contributed by atoms with Crippen LogP contribution in [0.15, 0.2) is 54.6 Å². The molecule has 1 unspecified atom stereocenters. The maximum Gasteiger partial charge on any atom is 0.242 e. The molecule has 4 rings (SSSR count). The summed E-state index contributed by atoms with van der Waals surface area (Å²) >= 11 is 0. The van der Waals surface area contributed by atoms with Gasteiger partial charge in [-0.3, -0.25) is 9.59 Å². The minimum Gasteiger partial charge on any atom is -0.354 e. The molecule has 5 nitrogen and oxygen atoms in total. The second-order valence-electron chi connectivity index (χ2n) is 7.30. The molecule has 0 saturated carbocycles. The first-order chi connectivity index (χ1) is 14.5. The van der Waals surface area contributed by atoms with Crippen molar-refractivity contribution in [3.8, 4) is 22.5 Å². The van der Waals surface area contributed by atoms with E-state index in [1.54, 1.807) is 24.3 Å². The van der Waals surface area contributed by atoms with Gasteiger partial charge in [0.05, 0.1) is 0 Å². The first-order valence-electron chi connectivity index (χ1n) is 9.80. The SMILES string of the molecule is O=C(CCc1cc(-c2cccc(F)c2)[nH]c1-c1ccc(F)cc1)NC1CCNC1=O. The van der Waals surface area contributed by atoms with E-state index in [1.807, 2.05) is 6.07 Å². The molecule has 1 aliphatic rings. The van der Waals surface area contributed by atoms with Crippen LogP contribution < -0.4 is 10.6 Å². The number of rotatable bonds is 6. The van der Waals surface area contributed by atoms with Crippen molar-refractivity contribution in [2.75, 3.05) is 6.54 Å². The summed E-state index contributed by atoms with van der Waals surface area (Å²) in [6.45, 7) is 0.563. The average molecular weight is 409 g/mol. The van der Waals surface area contributed by atoms with Gasteiger partial charge in [0.25, 0.3) is 0 Å². The molecular weight excluding hydrogens is 388 g/mol. The number of aryl methyl sites for hydroxylation is 1. The highest BCUT2D eigenvalue weighted by Crippen LogP contribution is 2.30. The molecule has 0 radical (unpaired) electrons. The zero-order valence-corrected chi connectivity index (χ0v) is 16.2. The third kappa shape index (κ3) is 4.40. The van der Waals surface area contributed by atoms with Crippen LogP contribution in [0.1, 0.15) is 18.4 Å². The van der Waals surface area contributed by atoms with Crippen molar-refractivity contribution < 1.29 is 18.4 Å². The molecule has 1 fully saturated rings. The van der Waals surface area contributed by atoms with Crippen LogP contribution in [0.4, 0.5) is 8.78 Å². The highest BCUT2D eigenvalue weighted by atomic mass is 19.1. The highest BCUT2D eigenvalue weighted by molar-refractivity contribution is 5.89. The van der Waals surface area contributed by atoms with Gasteiger partial charge in [0, 0.05) is 29.9 Å². The van der Waals surface area contributed by atoms with Crippen molar-refractivity contribution in [2.24, 2.45) is 0 Å². The molecular formula is C23H21F2N3O2. The molecule has 7 heteroatoms. The van der Waals surface area contributed by atoms with Crippen LogP contribution in [-0.4, -0.2) is 29.4 Å². The van der Waals surface area contributed by atoms with Crippen LogP contribution in [-0.2, 0) is 16.0 Å². The second-order valence-corrected chi connectivity index (χ2v) is 7.30. The largest absolute Gasteiger partial charge is 0.354 e. The molecule has 30 heavy (non-hydrogen) atoms. The van der Waals surface area contributed by atoms with Crippen LogP contribution in [0, 0.1) is 11.6 Å². The Labute approximate surface area is 172 Å². The highest BCUT2D eigenvalue weighted by Gasteiger charge is 2.25. The van der Waals surface area contributed by atoms with Crippen LogP contribution in [0.5, 0.6) is 0 Å². The Kier molecular flexibility index (Phi) is 5.61. The summed E-state index contributed by atoms with van der Waals surface area (Å²) in [5.74, 6) is -1.06. The molecule has 1 atom stereocenters. The number of benzene rings is 2. The summed E-state index contributed by atoms with van der Waals surface area (Å²) < 4.78 is 27.0. The molecule has 1 saturated heterocycles. The van der Waals surface area contributed by atoms with Crippen molar-refractivity contribution in [1.82, 2.24) is 15.6 Å². The molecule has 3 aromatic rings. The van der Waals surface area contributed by atoms with Gasteiger partial charge < -0.3 is 15.6 Å². The van der Waals surface area contributed by atoms with Gasteiger partial charge in [-0.25, -0.2) is 8.78 Å². The number of carbonyl (C=O) groups excluding carboxylic acids is 2. The number of hydrogen-bond acceptors (Lipinski definition) is 2. The lowest BCUT2D eigenvalue weighted by Gasteiger charge is -2.10. The van der Waals surface area contributed by atoms with Crippen molar-refractivity contribution in [2.45, 2.75) is 25.3 Å². The number of nitrogens with one attached hydrogen (secondary N) is 3. The standard InChI is InChI=1S/C23H21F2N3O2/c24-17-7-4-14(5-8-17)22-16(6-9-21(29)27-19-10-11-26-23(19)30)13-20(28-22)15-2-1-3-18(25)12-15/h1-5,7-8,12-13,19,28H,6,9-11H2,(H,26,30)(H,27,29). The van der Waals surface area contributed by atoms with Gasteiger partial charge in [-0.1, -0.05) is 12.1 Å². The lowest BCUT2D eigenvalue weighted by molar-refractivity contribution is -0.127. The third-order valence-electron chi connectivity index (χ3n) is 5.17. The summed E-state index contributed by atoms with van der Waals surface area (Å²) in [7, 11) is 0. The zero-order chi connectivity index (χ0) is 21.1. The fourth-order valence-electron chi connectivity index (χ4n) is 3.63. The number of halogens is 2. The minimum absolute atomic E-state index is 0.162. The predicted molar refractivity (Wildman–Crippen MR) is 109 cm³/mol. The first kappa shape index (κ1) is 19.8. The monoisotopic (exact) mass is 409 g/mol. The van der Waals surface area contributed by atoms with E-state index in [9.17, 15) is 18.4 Å². The molecule has 2 heterocycles. The molecule has 3 N–H and O–H groups in total. The summed E-state index contributed by atoms with van der Waals surface area (Å²) in [6, 6.07) is 13.7. The number of H-pyrrole nitrogens is 1. The van der Waals surface area contributed by atoms with Crippen molar-refractivity contribution in [1.29, 1.82) is 0 Å². The third-order valence-corrected chi connectivity index (χ3v) is 5.17. The van der Waals surface area contributed by atoms with Gasteiger partial charge in [0.15, 0.2) is 0 Å². The number of carbonyl (C=O) groups is 2. The smallest absolute Gasteiger partial charge is 0.242 e. The van der Waals surface area contributed by atoms with E-state index < -0.39 is 6.04 Å². The molecule has 2 aromatic carbocycles. The first-order valence-corrected chi connectivity index (χ1v) is 9.80. The van der Waals surface area contributed by atoms with E-state index in [1.165, 1.54) is 24.3 Å². The quantitative estimate of drug-likeness (QED) is 0.582. The van der Waals surface area contributed by atoms with Crippen LogP contribution in [0.2, 0.25) is 0 Å². The lowest BCUT2D eigenvalue weighted by Crippen LogP contribution is -2.40. The van der Waals surface area contributed by atoms with E-state index in [-0.39, 0.29) is 29.9 Å². The lowest BCUT2D eigenvalue weighted by atomic mass is 10.0. The summed E-state index contributed by atoms with van der Waals surface area (Å²) in [5, 5.41) is 5.44. The number of hydrogen-bond donors (Lipinski definition) is 3. The van der Waals surface area contributed by atoms with Crippen molar-refractivity contribution in [3.05, 3.63) is 71.8 Å². The van der Waals surface area contributed by atoms with Gasteiger partial charge in [-0.2, -0.15) is 0 Å². The van der Waals surface area contributed by atoms with Gasteiger partial charge in [-0.15, -0.1) is 0 Å². The zero-order valence-electron chi connectivity index (χ0n) is 16.2. The van der Waals surface area contributed by atoms with Crippen molar-refractivity contribution in [3.63, 3.8) is 0 Å². The Morgan fingerprint density at radius 2 is 1.83 bits per heavy atom. The maximum atomic E-state index is 13.7. The second kappa shape index (κ2) is 8.49. The van der Waals surface area contributed by atoms with Crippen LogP contribution >= 0.6 is 0 Å². The molecule has 2 amide bonds. The van der Waals surface area contributed by atoms with E-state index >= 15 is 0 Å². The molecule has 0 aliphatic carbocycles. The van der Waals surface area contributed by atoms with E-state index in [4.69, 9.17) is 0 Å². The maximum absolute atomic E-state index is 13.7. The topological polar surface area (TPSA) is 74.0 Å². The van der Waals surface area contributed by atoms with E-state index in [0.717, 1.165) is 16.8 Å². The van der Waals surface area contributed by atoms with Gasteiger partial charge in [0.2, 0.25) is 11.8 Å². The number of aromatic amines is 1. The van der Waals surface area contributed by atoms with Crippen LogP contribution in [0.25, 0.3) is 22.5 Å². The molecule has 0 spiro atoms. The minimum atomic E-state index is -0.483. The van der Waals surface area contributed by atoms with Crippen molar-refractivity contribution >= 4 is 11.8 Å². The number of amides is 2. The van der Waals surface area contributed by atoms with Gasteiger partial charge in [-0.05, 0) is 66.4 Å². The Morgan fingerprint density at radius 1 is 1.03 bits per heavy atom. The molecule has 1 aliphatic heterocycles.